The molecule has 0 aromatic rings. The molecule has 3 atom stereocenters. The van der Waals surface area contributed by atoms with Crippen LogP contribution in [0.1, 0.15) is 220 Å². The Morgan fingerprint density at radius 2 is 0.927 bits per heavy atom. The van der Waals surface area contributed by atoms with Crippen LogP contribution in [0.15, 0.2) is 12.7 Å². The molecular formula is C45H87O9P. The molecule has 0 aliphatic rings. The lowest BCUT2D eigenvalue weighted by Gasteiger charge is -2.23. The van der Waals surface area contributed by atoms with E-state index < -0.39 is 13.9 Å². The Morgan fingerprint density at radius 3 is 1.38 bits per heavy atom. The average molecular weight is 803 g/mol. The van der Waals surface area contributed by atoms with Crippen LogP contribution >= 0.6 is 7.82 Å². The maximum atomic E-state index is 13.2. The van der Waals surface area contributed by atoms with Gasteiger partial charge in [-0.15, -0.1) is 6.58 Å². The van der Waals surface area contributed by atoms with Crippen molar-refractivity contribution in [2.45, 2.75) is 233 Å². The number of esters is 2. The van der Waals surface area contributed by atoms with Gasteiger partial charge in [0.05, 0.1) is 33.0 Å². The minimum absolute atomic E-state index is 0.00151. The second kappa shape index (κ2) is 40.9. The summed E-state index contributed by atoms with van der Waals surface area (Å²) in [5.74, 6) is -0.466. The molecule has 1 unspecified atom stereocenters. The Morgan fingerprint density at radius 1 is 0.491 bits per heavy atom. The van der Waals surface area contributed by atoms with E-state index in [2.05, 4.69) is 27.4 Å². The Bertz CT molecular complexity index is 915. The van der Waals surface area contributed by atoms with Crippen molar-refractivity contribution in [2.24, 2.45) is 0 Å². The minimum Gasteiger partial charge on any atom is -0.462 e. The van der Waals surface area contributed by atoms with E-state index in [4.69, 9.17) is 27.8 Å². The number of phosphoric ester groups is 1. The van der Waals surface area contributed by atoms with Crippen LogP contribution < -0.4 is 0 Å². The highest BCUT2D eigenvalue weighted by Crippen LogP contribution is 2.49. The number of ether oxygens (including phenoxy) is 3. The van der Waals surface area contributed by atoms with Crippen molar-refractivity contribution in [1.29, 1.82) is 0 Å². The second-order valence-corrected chi connectivity index (χ2v) is 17.0. The fourth-order valence-electron chi connectivity index (χ4n) is 6.42. The van der Waals surface area contributed by atoms with Crippen molar-refractivity contribution >= 4 is 19.8 Å². The molecule has 326 valence electrons. The number of hydrogen-bond acceptors (Lipinski definition) is 9. The maximum absolute atomic E-state index is 13.2. The van der Waals surface area contributed by atoms with Gasteiger partial charge in [0.25, 0.3) is 0 Å². The van der Waals surface area contributed by atoms with Crippen LogP contribution in [0.2, 0.25) is 0 Å². The van der Waals surface area contributed by atoms with E-state index in [0.717, 1.165) is 51.4 Å². The molecule has 0 bridgehead atoms. The monoisotopic (exact) mass is 803 g/mol. The molecular weight excluding hydrogens is 715 g/mol. The van der Waals surface area contributed by atoms with Crippen molar-refractivity contribution in [1.82, 2.24) is 0 Å². The summed E-state index contributed by atoms with van der Waals surface area (Å²) in [7, 11) is -3.89. The first-order chi connectivity index (χ1) is 26.8. The van der Waals surface area contributed by atoms with Crippen LogP contribution in [0.5, 0.6) is 0 Å². The molecule has 0 radical (unpaired) electrons. The van der Waals surface area contributed by atoms with Gasteiger partial charge in [-0.05, 0) is 32.1 Å². The Hall–Kier alpha value is -1.25. The van der Waals surface area contributed by atoms with E-state index in [0.29, 0.717) is 32.3 Å². The fourth-order valence-corrected chi connectivity index (χ4v) is 7.69. The van der Waals surface area contributed by atoms with E-state index in [1.54, 1.807) is 0 Å². The van der Waals surface area contributed by atoms with Gasteiger partial charge in [-0.3, -0.25) is 23.2 Å². The van der Waals surface area contributed by atoms with Gasteiger partial charge in [0.1, 0.15) is 12.2 Å². The number of carbonyl (C=O) groups is 2. The molecule has 9 nitrogen and oxygen atoms in total. The van der Waals surface area contributed by atoms with Crippen LogP contribution in [0, 0.1) is 0 Å². The zero-order valence-electron chi connectivity index (χ0n) is 36.3. The van der Waals surface area contributed by atoms with Crippen LogP contribution in [-0.2, 0) is 41.9 Å². The number of unbranched alkanes of at least 4 members (excludes halogenated alkanes) is 22. The molecule has 0 N–H and O–H groups in total. The first kappa shape index (κ1) is 53.8. The van der Waals surface area contributed by atoms with Gasteiger partial charge in [0.2, 0.25) is 0 Å². The van der Waals surface area contributed by atoms with Crippen LogP contribution in [-0.4, -0.2) is 57.2 Å². The zero-order valence-corrected chi connectivity index (χ0v) is 37.2. The molecule has 55 heavy (non-hydrogen) atoms. The molecule has 0 rings (SSSR count). The van der Waals surface area contributed by atoms with Crippen LogP contribution in [0.4, 0.5) is 0 Å². The summed E-state index contributed by atoms with van der Waals surface area (Å²) in [4.78, 5) is 25.7. The first-order valence-corrected chi connectivity index (χ1v) is 24.4. The van der Waals surface area contributed by atoms with Crippen molar-refractivity contribution in [3.63, 3.8) is 0 Å². The lowest BCUT2D eigenvalue weighted by Crippen LogP contribution is -2.29. The molecule has 0 heterocycles. The summed E-state index contributed by atoms with van der Waals surface area (Å²) < 4.78 is 47.4. The third-order valence-corrected chi connectivity index (χ3v) is 11.2. The number of phosphoric acid groups is 1. The molecule has 0 spiro atoms. The molecule has 0 aliphatic carbocycles. The first-order valence-electron chi connectivity index (χ1n) is 22.9. The summed E-state index contributed by atoms with van der Waals surface area (Å²) in [6.45, 7) is 12.6. The highest BCUT2D eigenvalue weighted by molar-refractivity contribution is 7.48. The zero-order chi connectivity index (χ0) is 40.5. The lowest BCUT2D eigenvalue weighted by molar-refractivity contribution is -0.156. The molecule has 0 fully saturated rings. The van der Waals surface area contributed by atoms with E-state index in [1.807, 2.05) is 6.92 Å². The predicted molar refractivity (Wildman–Crippen MR) is 227 cm³/mol. The van der Waals surface area contributed by atoms with Crippen molar-refractivity contribution in [3.8, 4) is 0 Å². The topological polar surface area (TPSA) is 107 Å². The molecule has 0 saturated carbocycles. The third kappa shape index (κ3) is 36.8. The molecule has 10 heteroatoms. The normalized spacial score (nSPS) is 13.7. The molecule has 0 aromatic carbocycles. The number of hydrogen-bond donors (Lipinski definition) is 0. The second-order valence-electron chi connectivity index (χ2n) is 15.3. The van der Waals surface area contributed by atoms with Crippen molar-refractivity contribution in [3.05, 3.63) is 12.7 Å². The van der Waals surface area contributed by atoms with E-state index >= 15 is 0 Å². The Labute approximate surface area is 339 Å². The van der Waals surface area contributed by atoms with Crippen LogP contribution in [0.3, 0.4) is 0 Å². The summed E-state index contributed by atoms with van der Waals surface area (Å²) in [6.07, 6.45) is 32.9. The summed E-state index contributed by atoms with van der Waals surface area (Å²) in [6, 6.07) is 0. The molecule has 0 aromatic heterocycles. The largest absolute Gasteiger partial charge is 0.475 e. The summed E-state index contributed by atoms with van der Waals surface area (Å²) in [5.41, 5.74) is 0. The summed E-state index contributed by atoms with van der Waals surface area (Å²) in [5, 5.41) is 0. The Kier molecular flexibility index (Phi) is 40.0. The number of rotatable bonds is 44. The minimum atomic E-state index is -3.89. The quantitative estimate of drug-likeness (QED) is 0.0257. The van der Waals surface area contributed by atoms with Gasteiger partial charge in [-0.25, -0.2) is 4.57 Å². The van der Waals surface area contributed by atoms with E-state index in [-0.39, 0.29) is 44.5 Å². The maximum Gasteiger partial charge on any atom is 0.475 e. The highest BCUT2D eigenvalue weighted by Gasteiger charge is 2.29. The lowest BCUT2D eigenvalue weighted by atomic mass is 10.1. The van der Waals surface area contributed by atoms with Crippen molar-refractivity contribution in [2.75, 3.05) is 33.0 Å². The van der Waals surface area contributed by atoms with Gasteiger partial charge < -0.3 is 14.2 Å². The number of carbonyl (C=O) groups excluding carboxylic acids is 2. The van der Waals surface area contributed by atoms with Gasteiger partial charge in [-0.2, -0.15) is 0 Å². The summed E-state index contributed by atoms with van der Waals surface area (Å²) >= 11 is 0. The van der Waals surface area contributed by atoms with E-state index in [1.165, 1.54) is 122 Å². The Balaban J connectivity index is 5.01. The van der Waals surface area contributed by atoms with Crippen LogP contribution in [0.25, 0.3) is 0 Å². The molecule has 0 amide bonds. The van der Waals surface area contributed by atoms with Crippen molar-refractivity contribution < 1.29 is 41.9 Å². The van der Waals surface area contributed by atoms with E-state index in [9.17, 15) is 14.2 Å². The van der Waals surface area contributed by atoms with Gasteiger partial charge in [-0.1, -0.05) is 175 Å². The third-order valence-electron chi connectivity index (χ3n) is 9.81. The average Bonchev–Trinajstić information content (AvgIpc) is 3.18. The SMILES string of the molecule is C=CCOP(=O)(OCCC)OC[C@H](COCC[C@@H](CCCCCCC)OC(=O)CCCCCCCCCCC)OC(=O)CCCCCCCCCCCCC. The fraction of sp³-hybridized carbons (Fsp3) is 0.911. The standard InChI is InChI=1S/C45H87O9P/c1-6-11-14-17-19-21-22-24-26-29-32-35-45(47)54-43(41-52-55(48,50-37-9-4)51-38-10-5)40-49-39-36-42(33-30-27-16-13-8-3)53-44(46)34-31-28-25-23-20-18-15-12-7-2/h9,42-43H,4,6-8,10-41H2,1-3,5H3/t42-,43+,55?/m1/s1. The molecule has 0 saturated heterocycles. The smallest absolute Gasteiger partial charge is 0.462 e. The van der Waals surface area contributed by atoms with Gasteiger partial charge in [0.15, 0.2) is 0 Å². The van der Waals surface area contributed by atoms with Gasteiger partial charge in [0, 0.05) is 19.3 Å². The van der Waals surface area contributed by atoms with Gasteiger partial charge >= 0.3 is 19.8 Å². The predicted octanol–water partition coefficient (Wildman–Crippen LogP) is 14.0. The highest BCUT2D eigenvalue weighted by atomic mass is 31.2. The molecule has 0 aliphatic heterocycles.